The molecule has 130 valence electrons. The average Bonchev–Trinajstić information content (AvgIpc) is 2.88. The number of amides is 2. The van der Waals surface area contributed by atoms with Crippen LogP contribution in [0.3, 0.4) is 0 Å². The molecule has 0 aliphatic carbocycles. The number of carbonyl (C=O) groups excluding carboxylic acids is 2. The smallest absolute Gasteiger partial charge is 0.255 e. The second kappa shape index (κ2) is 7.83. The minimum absolute atomic E-state index is 0.0112. The Hall–Kier alpha value is -2.14. The number of aryl methyl sites for hydroxylation is 1. The van der Waals surface area contributed by atoms with Gasteiger partial charge in [0.2, 0.25) is 0 Å². The van der Waals surface area contributed by atoms with Crippen LogP contribution in [0.2, 0.25) is 0 Å². The number of nitrogens with zero attached hydrogens (tertiary/aromatic N) is 2. The van der Waals surface area contributed by atoms with Crippen molar-refractivity contribution in [1.29, 1.82) is 0 Å². The number of rotatable bonds is 2. The molecular weight excluding hydrogens is 380 g/mol. The Morgan fingerprint density at radius 2 is 1.44 bits per heavy atom. The van der Waals surface area contributed by atoms with Crippen LogP contribution in [0.1, 0.15) is 32.7 Å². The fourth-order valence-corrected chi connectivity index (χ4v) is 3.46. The summed E-state index contributed by atoms with van der Waals surface area (Å²) in [6.45, 7) is 4.45. The quantitative estimate of drug-likeness (QED) is 0.769. The SMILES string of the molecule is Cc1ccc(C(=O)N2CCCN(C(=O)c3ccccc3Br)CC2)cc1. The van der Waals surface area contributed by atoms with Gasteiger partial charge in [-0.15, -0.1) is 0 Å². The highest BCUT2D eigenvalue weighted by Crippen LogP contribution is 2.19. The summed E-state index contributed by atoms with van der Waals surface area (Å²) in [5, 5.41) is 0. The van der Waals surface area contributed by atoms with Crippen molar-refractivity contribution >= 4 is 27.7 Å². The first-order chi connectivity index (χ1) is 12.1. The summed E-state index contributed by atoms with van der Waals surface area (Å²) in [6.07, 6.45) is 0.786. The third-order valence-electron chi connectivity index (χ3n) is 4.47. The molecule has 0 N–H and O–H groups in total. The molecular formula is C20H21BrN2O2. The molecule has 2 amide bonds. The molecule has 0 aromatic heterocycles. The fourth-order valence-electron chi connectivity index (χ4n) is 3.01. The van der Waals surface area contributed by atoms with Gasteiger partial charge >= 0.3 is 0 Å². The Balaban J connectivity index is 1.68. The number of hydrogen-bond acceptors (Lipinski definition) is 2. The van der Waals surface area contributed by atoms with Crippen molar-refractivity contribution in [2.45, 2.75) is 13.3 Å². The van der Waals surface area contributed by atoms with Gasteiger partial charge in [0.05, 0.1) is 5.56 Å². The average molecular weight is 401 g/mol. The second-order valence-electron chi connectivity index (χ2n) is 6.28. The lowest BCUT2D eigenvalue weighted by molar-refractivity contribution is 0.0718. The van der Waals surface area contributed by atoms with Gasteiger partial charge < -0.3 is 9.80 Å². The maximum absolute atomic E-state index is 12.7. The van der Waals surface area contributed by atoms with Crippen molar-refractivity contribution in [3.05, 3.63) is 69.7 Å². The van der Waals surface area contributed by atoms with Crippen molar-refractivity contribution in [1.82, 2.24) is 9.80 Å². The van der Waals surface area contributed by atoms with Crippen LogP contribution in [0.25, 0.3) is 0 Å². The van der Waals surface area contributed by atoms with E-state index >= 15 is 0 Å². The highest BCUT2D eigenvalue weighted by Gasteiger charge is 2.24. The van der Waals surface area contributed by atoms with Crippen molar-refractivity contribution in [3.8, 4) is 0 Å². The van der Waals surface area contributed by atoms with Gasteiger partial charge in [0.1, 0.15) is 0 Å². The zero-order chi connectivity index (χ0) is 17.8. The van der Waals surface area contributed by atoms with Crippen LogP contribution in [-0.4, -0.2) is 47.8 Å². The van der Waals surface area contributed by atoms with Crippen LogP contribution in [0.5, 0.6) is 0 Å². The number of benzene rings is 2. The first-order valence-electron chi connectivity index (χ1n) is 8.46. The van der Waals surface area contributed by atoms with E-state index in [2.05, 4.69) is 15.9 Å². The molecule has 0 spiro atoms. The van der Waals surface area contributed by atoms with Crippen molar-refractivity contribution in [2.75, 3.05) is 26.2 Å². The molecule has 0 atom stereocenters. The number of carbonyl (C=O) groups is 2. The molecule has 0 saturated carbocycles. The van der Waals surface area contributed by atoms with Gasteiger partial charge in [-0.2, -0.15) is 0 Å². The number of hydrogen-bond donors (Lipinski definition) is 0. The topological polar surface area (TPSA) is 40.6 Å². The Morgan fingerprint density at radius 3 is 2.08 bits per heavy atom. The Kier molecular flexibility index (Phi) is 5.53. The van der Waals surface area contributed by atoms with Gasteiger partial charge in [0, 0.05) is 36.2 Å². The van der Waals surface area contributed by atoms with E-state index in [0.717, 1.165) is 16.5 Å². The molecule has 0 bridgehead atoms. The van der Waals surface area contributed by atoms with Gasteiger partial charge in [0.15, 0.2) is 0 Å². The summed E-state index contributed by atoms with van der Waals surface area (Å²) in [6, 6.07) is 15.1. The maximum atomic E-state index is 12.7. The van der Waals surface area contributed by atoms with Crippen molar-refractivity contribution < 1.29 is 9.59 Å². The lowest BCUT2D eigenvalue weighted by atomic mass is 10.1. The lowest BCUT2D eigenvalue weighted by Crippen LogP contribution is -2.37. The van der Waals surface area contributed by atoms with E-state index in [1.807, 2.05) is 65.3 Å². The highest BCUT2D eigenvalue weighted by atomic mass is 79.9. The van der Waals surface area contributed by atoms with Crippen LogP contribution in [-0.2, 0) is 0 Å². The summed E-state index contributed by atoms with van der Waals surface area (Å²) < 4.78 is 0.803. The predicted octanol–water partition coefficient (Wildman–Crippen LogP) is 3.75. The van der Waals surface area contributed by atoms with Crippen LogP contribution in [0, 0.1) is 6.92 Å². The minimum Gasteiger partial charge on any atom is -0.337 e. The molecule has 5 heteroatoms. The molecule has 1 saturated heterocycles. The molecule has 1 aliphatic heterocycles. The standard InChI is InChI=1S/C20H21BrN2O2/c1-15-7-9-16(10-8-15)19(24)22-11-4-12-23(14-13-22)20(25)17-5-2-3-6-18(17)21/h2-3,5-10H,4,11-14H2,1H3. The highest BCUT2D eigenvalue weighted by molar-refractivity contribution is 9.10. The zero-order valence-corrected chi connectivity index (χ0v) is 15.8. The van der Waals surface area contributed by atoms with E-state index in [1.165, 1.54) is 0 Å². The predicted molar refractivity (Wildman–Crippen MR) is 102 cm³/mol. The summed E-state index contributed by atoms with van der Waals surface area (Å²) >= 11 is 3.44. The van der Waals surface area contributed by atoms with Gasteiger partial charge in [-0.25, -0.2) is 0 Å². The van der Waals surface area contributed by atoms with E-state index in [1.54, 1.807) is 0 Å². The van der Waals surface area contributed by atoms with Gasteiger partial charge in [-0.05, 0) is 53.5 Å². The van der Waals surface area contributed by atoms with E-state index in [-0.39, 0.29) is 11.8 Å². The minimum atomic E-state index is 0.0112. The normalized spacial score (nSPS) is 15.0. The molecule has 3 rings (SSSR count). The first kappa shape index (κ1) is 17.7. The third-order valence-corrected chi connectivity index (χ3v) is 5.16. The second-order valence-corrected chi connectivity index (χ2v) is 7.14. The zero-order valence-electron chi connectivity index (χ0n) is 14.2. The van der Waals surface area contributed by atoms with Crippen LogP contribution < -0.4 is 0 Å². The third kappa shape index (κ3) is 4.10. The molecule has 0 radical (unpaired) electrons. The summed E-state index contributed by atoms with van der Waals surface area (Å²) in [7, 11) is 0. The van der Waals surface area contributed by atoms with Gasteiger partial charge in [-0.3, -0.25) is 9.59 Å². The van der Waals surface area contributed by atoms with E-state index < -0.39 is 0 Å². The molecule has 2 aromatic carbocycles. The Bertz CT molecular complexity index is 774. The van der Waals surface area contributed by atoms with Crippen molar-refractivity contribution in [2.24, 2.45) is 0 Å². The molecule has 1 fully saturated rings. The molecule has 25 heavy (non-hydrogen) atoms. The van der Waals surface area contributed by atoms with E-state index in [4.69, 9.17) is 0 Å². The monoisotopic (exact) mass is 400 g/mol. The maximum Gasteiger partial charge on any atom is 0.255 e. The lowest BCUT2D eigenvalue weighted by Gasteiger charge is -2.22. The Morgan fingerprint density at radius 1 is 0.840 bits per heavy atom. The fraction of sp³-hybridized carbons (Fsp3) is 0.300. The molecule has 2 aromatic rings. The molecule has 0 unspecified atom stereocenters. The van der Waals surface area contributed by atoms with Gasteiger partial charge in [0.25, 0.3) is 11.8 Å². The number of halogens is 1. The summed E-state index contributed by atoms with van der Waals surface area (Å²) in [4.78, 5) is 29.1. The van der Waals surface area contributed by atoms with E-state index in [9.17, 15) is 9.59 Å². The van der Waals surface area contributed by atoms with Crippen LogP contribution in [0.4, 0.5) is 0 Å². The Labute approximate surface area is 156 Å². The molecule has 1 aliphatic rings. The van der Waals surface area contributed by atoms with E-state index in [0.29, 0.717) is 37.3 Å². The van der Waals surface area contributed by atoms with Crippen LogP contribution in [0.15, 0.2) is 53.0 Å². The summed E-state index contributed by atoms with van der Waals surface area (Å²) in [5.41, 5.74) is 2.51. The summed E-state index contributed by atoms with van der Waals surface area (Å²) in [5.74, 6) is 0.0484. The van der Waals surface area contributed by atoms with Crippen LogP contribution >= 0.6 is 15.9 Å². The van der Waals surface area contributed by atoms with Gasteiger partial charge in [-0.1, -0.05) is 29.8 Å². The molecule has 4 nitrogen and oxygen atoms in total. The molecule has 1 heterocycles. The largest absolute Gasteiger partial charge is 0.337 e. The van der Waals surface area contributed by atoms with Crippen molar-refractivity contribution in [3.63, 3.8) is 0 Å². The first-order valence-corrected chi connectivity index (χ1v) is 9.25.